The van der Waals surface area contributed by atoms with Gasteiger partial charge in [-0.05, 0) is 0 Å². The molecule has 0 spiro atoms. The number of halogens is 3. The molecule has 2 rings (SSSR count). The fraction of sp³-hybridized carbons (Fsp3) is 0.556. The van der Waals surface area contributed by atoms with E-state index in [0.29, 0.717) is 5.82 Å². The van der Waals surface area contributed by atoms with Crippen LogP contribution in [0.5, 0.6) is 0 Å². The Hall–Kier alpha value is -1.37. The van der Waals surface area contributed by atoms with Crippen molar-refractivity contribution < 1.29 is 13.2 Å². The van der Waals surface area contributed by atoms with Gasteiger partial charge >= 0.3 is 6.18 Å². The Bertz CT molecular complexity index is 343. The smallest absolute Gasteiger partial charge is 0.353 e. The molecule has 0 aromatic carbocycles. The largest absolute Gasteiger partial charge is 0.434 e. The second-order valence-corrected chi connectivity index (χ2v) is 3.49. The van der Waals surface area contributed by atoms with Gasteiger partial charge in [-0.3, -0.25) is 0 Å². The number of alkyl halides is 3. The molecule has 1 fully saturated rings. The minimum atomic E-state index is -4.42. The summed E-state index contributed by atoms with van der Waals surface area (Å²) in [6, 6.07) is 0. The van der Waals surface area contributed by atoms with Crippen LogP contribution in [0, 0.1) is 0 Å². The number of aromatic nitrogens is 2. The van der Waals surface area contributed by atoms with Crippen molar-refractivity contribution in [3.05, 3.63) is 18.1 Å². The van der Waals surface area contributed by atoms with Crippen molar-refractivity contribution in [1.82, 2.24) is 15.3 Å². The molecule has 1 aromatic rings. The molecule has 0 unspecified atom stereocenters. The molecule has 1 aromatic heterocycles. The van der Waals surface area contributed by atoms with Crippen molar-refractivity contribution >= 4 is 5.82 Å². The van der Waals surface area contributed by atoms with Crippen LogP contribution in [-0.4, -0.2) is 36.1 Å². The second kappa shape index (κ2) is 4.25. The number of anilines is 1. The summed E-state index contributed by atoms with van der Waals surface area (Å²) in [6.45, 7) is 3.09. The van der Waals surface area contributed by atoms with Gasteiger partial charge < -0.3 is 10.2 Å². The van der Waals surface area contributed by atoms with Crippen molar-refractivity contribution in [2.24, 2.45) is 0 Å². The molecule has 0 aliphatic carbocycles. The van der Waals surface area contributed by atoms with E-state index in [9.17, 15) is 13.2 Å². The van der Waals surface area contributed by atoms with Gasteiger partial charge in [-0.15, -0.1) is 0 Å². The van der Waals surface area contributed by atoms with E-state index in [-0.39, 0.29) is 0 Å². The summed E-state index contributed by atoms with van der Waals surface area (Å²) in [5, 5.41) is 3.15. The molecule has 88 valence electrons. The minimum Gasteiger partial charge on any atom is -0.353 e. The SMILES string of the molecule is FC(F)(F)c1cnc(N2CCNCC2)cn1. The second-order valence-electron chi connectivity index (χ2n) is 3.49. The average molecular weight is 232 g/mol. The molecule has 2 heterocycles. The van der Waals surface area contributed by atoms with E-state index in [1.165, 1.54) is 6.20 Å². The standard InChI is InChI=1S/C9H11F3N4/c10-9(11,12)7-5-15-8(6-14-7)16-3-1-13-2-4-16/h5-6,13H,1-4H2. The van der Waals surface area contributed by atoms with Crippen LogP contribution in [-0.2, 0) is 6.18 Å². The highest BCUT2D eigenvalue weighted by Gasteiger charge is 2.32. The molecule has 1 aliphatic heterocycles. The predicted octanol–water partition coefficient (Wildman–Crippen LogP) is 0.905. The summed E-state index contributed by atoms with van der Waals surface area (Å²) in [5.74, 6) is 0.495. The van der Waals surface area contributed by atoms with Gasteiger partial charge in [0.15, 0.2) is 5.69 Å². The van der Waals surface area contributed by atoms with Crippen molar-refractivity contribution in [2.75, 3.05) is 31.1 Å². The summed E-state index contributed by atoms with van der Waals surface area (Å²) < 4.78 is 36.7. The first-order chi connectivity index (χ1) is 7.57. The Balaban J connectivity index is 2.12. The highest BCUT2D eigenvalue weighted by Crippen LogP contribution is 2.27. The lowest BCUT2D eigenvalue weighted by Crippen LogP contribution is -2.44. The molecular formula is C9H11F3N4. The molecule has 1 N–H and O–H groups in total. The number of rotatable bonds is 1. The summed E-state index contributed by atoms with van der Waals surface area (Å²) in [7, 11) is 0. The molecule has 7 heteroatoms. The normalized spacial score (nSPS) is 17.6. The molecular weight excluding hydrogens is 221 g/mol. The van der Waals surface area contributed by atoms with Gasteiger partial charge in [0.1, 0.15) is 5.82 Å². The number of nitrogens with zero attached hydrogens (tertiary/aromatic N) is 3. The van der Waals surface area contributed by atoms with Crippen LogP contribution in [0.4, 0.5) is 19.0 Å². The van der Waals surface area contributed by atoms with Crippen molar-refractivity contribution in [2.45, 2.75) is 6.18 Å². The third kappa shape index (κ3) is 2.41. The third-order valence-electron chi connectivity index (χ3n) is 2.37. The van der Waals surface area contributed by atoms with Gasteiger partial charge in [-0.25, -0.2) is 9.97 Å². The van der Waals surface area contributed by atoms with Crippen molar-refractivity contribution in [3.8, 4) is 0 Å². The number of hydrogen-bond acceptors (Lipinski definition) is 4. The van der Waals surface area contributed by atoms with Gasteiger partial charge in [0.2, 0.25) is 0 Å². The van der Waals surface area contributed by atoms with Gasteiger partial charge in [-0.2, -0.15) is 13.2 Å². The Morgan fingerprint density at radius 3 is 2.31 bits per heavy atom. The monoisotopic (exact) mass is 232 g/mol. The fourth-order valence-corrected chi connectivity index (χ4v) is 1.52. The van der Waals surface area contributed by atoms with Gasteiger partial charge in [0.25, 0.3) is 0 Å². The molecule has 0 radical (unpaired) electrons. The lowest BCUT2D eigenvalue weighted by atomic mass is 10.3. The van der Waals surface area contributed by atoms with Crippen LogP contribution in [0.15, 0.2) is 12.4 Å². The van der Waals surface area contributed by atoms with Crippen molar-refractivity contribution in [3.63, 3.8) is 0 Å². The van der Waals surface area contributed by atoms with Gasteiger partial charge in [-0.1, -0.05) is 0 Å². The first-order valence-corrected chi connectivity index (χ1v) is 4.92. The van der Waals surface area contributed by atoms with E-state index < -0.39 is 11.9 Å². The quantitative estimate of drug-likeness (QED) is 0.781. The van der Waals surface area contributed by atoms with E-state index in [1.807, 2.05) is 4.90 Å². The zero-order chi connectivity index (χ0) is 11.6. The van der Waals surface area contributed by atoms with E-state index in [0.717, 1.165) is 32.4 Å². The van der Waals surface area contributed by atoms with Crippen LogP contribution < -0.4 is 10.2 Å². The fourth-order valence-electron chi connectivity index (χ4n) is 1.52. The van der Waals surface area contributed by atoms with Crippen LogP contribution in [0.2, 0.25) is 0 Å². The summed E-state index contributed by atoms with van der Waals surface area (Å²) >= 11 is 0. The molecule has 16 heavy (non-hydrogen) atoms. The summed E-state index contributed by atoms with van der Waals surface area (Å²) in [4.78, 5) is 9.07. The average Bonchev–Trinajstić information content (AvgIpc) is 2.29. The number of nitrogens with one attached hydrogen (secondary N) is 1. The Morgan fingerprint density at radius 1 is 1.12 bits per heavy atom. The molecule has 0 amide bonds. The van der Waals surface area contributed by atoms with Crippen LogP contribution in [0.1, 0.15) is 5.69 Å². The van der Waals surface area contributed by atoms with E-state index in [1.54, 1.807) is 0 Å². The lowest BCUT2D eigenvalue weighted by molar-refractivity contribution is -0.141. The zero-order valence-electron chi connectivity index (χ0n) is 8.46. The van der Waals surface area contributed by atoms with Gasteiger partial charge in [0, 0.05) is 26.2 Å². The maximum atomic E-state index is 12.2. The first kappa shape index (κ1) is 11.1. The van der Waals surface area contributed by atoms with E-state index in [2.05, 4.69) is 15.3 Å². The van der Waals surface area contributed by atoms with E-state index >= 15 is 0 Å². The molecule has 0 atom stereocenters. The zero-order valence-corrected chi connectivity index (χ0v) is 8.46. The van der Waals surface area contributed by atoms with E-state index in [4.69, 9.17) is 0 Å². The molecule has 0 saturated carbocycles. The molecule has 4 nitrogen and oxygen atoms in total. The lowest BCUT2D eigenvalue weighted by Gasteiger charge is -2.28. The molecule has 1 saturated heterocycles. The highest BCUT2D eigenvalue weighted by molar-refractivity contribution is 5.36. The van der Waals surface area contributed by atoms with Crippen LogP contribution in [0.25, 0.3) is 0 Å². The van der Waals surface area contributed by atoms with Gasteiger partial charge in [0.05, 0.1) is 12.4 Å². The molecule has 0 bridgehead atoms. The minimum absolute atomic E-state index is 0.495. The summed E-state index contributed by atoms with van der Waals surface area (Å²) in [5.41, 5.74) is -0.952. The topological polar surface area (TPSA) is 41.1 Å². The van der Waals surface area contributed by atoms with Crippen molar-refractivity contribution in [1.29, 1.82) is 0 Å². The van der Waals surface area contributed by atoms with Crippen LogP contribution >= 0.6 is 0 Å². The first-order valence-electron chi connectivity index (χ1n) is 4.92. The summed E-state index contributed by atoms with van der Waals surface area (Å²) in [6.07, 6.45) is -2.47. The Labute approximate surface area is 90.5 Å². The Kier molecular flexibility index (Phi) is 2.95. The number of hydrogen-bond donors (Lipinski definition) is 1. The maximum absolute atomic E-state index is 12.2. The van der Waals surface area contributed by atoms with Crippen LogP contribution in [0.3, 0.4) is 0 Å². The predicted molar refractivity (Wildman–Crippen MR) is 52.1 cm³/mol. The molecule has 1 aliphatic rings. The third-order valence-corrected chi connectivity index (χ3v) is 2.37. The highest BCUT2D eigenvalue weighted by atomic mass is 19.4. The number of piperazine rings is 1. The Morgan fingerprint density at radius 2 is 1.81 bits per heavy atom. The maximum Gasteiger partial charge on any atom is 0.434 e.